The summed E-state index contributed by atoms with van der Waals surface area (Å²) in [6.07, 6.45) is 1.18. The summed E-state index contributed by atoms with van der Waals surface area (Å²) >= 11 is 0. The van der Waals surface area contributed by atoms with Crippen LogP contribution in [-0.4, -0.2) is 5.78 Å². The van der Waals surface area contributed by atoms with E-state index in [4.69, 9.17) is 0 Å². The number of fused-ring (bicyclic) bond motifs is 1. The maximum Gasteiger partial charge on any atom is 0.165 e. The average molecular weight is 244 g/mol. The highest BCUT2D eigenvalue weighted by molar-refractivity contribution is 5.99. The van der Waals surface area contributed by atoms with E-state index in [9.17, 15) is 4.79 Å². The van der Waals surface area contributed by atoms with Gasteiger partial charge in [0.1, 0.15) is 0 Å². The van der Waals surface area contributed by atoms with Crippen LogP contribution in [0, 0.1) is 12.8 Å². The summed E-state index contributed by atoms with van der Waals surface area (Å²) in [5.74, 6) is 0.910. The van der Waals surface area contributed by atoms with E-state index in [2.05, 4.69) is 39.8 Å². The number of rotatable bonds is 2. The first kappa shape index (κ1) is 13.3. The van der Waals surface area contributed by atoms with Gasteiger partial charge in [-0.05, 0) is 47.4 Å². The lowest BCUT2D eigenvalue weighted by molar-refractivity contribution is 0.0938. The SMILES string of the molecule is Cc1cc2c(cc1C(=O)C(C)C)C(C)CC2(C)C. The Bertz CT molecular complexity index is 495. The zero-order valence-electron chi connectivity index (χ0n) is 12.4. The van der Waals surface area contributed by atoms with Gasteiger partial charge < -0.3 is 0 Å². The van der Waals surface area contributed by atoms with Crippen LogP contribution in [0.15, 0.2) is 12.1 Å². The number of aryl methyl sites for hydroxylation is 1. The molecule has 0 radical (unpaired) electrons. The fourth-order valence-corrected chi connectivity index (χ4v) is 3.28. The third-order valence-electron chi connectivity index (χ3n) is 4.26. The van der Waals surface area contributed by atoms with Gasteiger partial charge in [0.25, 0.3) is 0 Å². The van der Waals surface area contributed by atoms with Crippen LogP contribution >= 0.6 is 0 Å². The Morgan fingerprint density at radius 3 is 2.50 bits per heavy atom. The quantitative estimate of drug-likeness (QED) is 0.694. The van der Waals surface area contributed by atoms with E-state index in [0.29, 0.717) is 5.92 Å². The molecule has 1 aromatic rings. The summed E-state index contributed by atoms with van der Waals surface area (Å²) in [5.41, 5.74) is 5.13. The third kappa shape index (κ3) is 2.00. The highest BCUT2D eigenvalue weighted by atomic mass is 16.1. The molecule has 0 saturated heterocycles. The second-order valence-corrected chi connectivity index (χ2v) is 6.76. The van der Waals surface area contributed by atoms with Crippen molar-refractivity contribution >= 4 is 5.78 Å². The fourth-order valence-electron chi connectivity index (χ4n) is 3.28. The van der Waals surface area contributed by atoms with Gasteiger partial charge >= 0.3 is 0 Å². The van der Waals surface area contributed by atoms with Gasteiger partial charge in [-0.15, -0.1) is 0 Å². The van der Waals surface area contributed by atoms with E-state index >= 15 is 0 Å². The van der Waals surface area contributed by atoms with Crippen molar-refractivity contribution in [3.63, 3.8) is 0 Å². The van der Waals surface area contributed by atoms with Crippen LogP contribution in [0.2, 0.25) is 0 Å². The normalized spacial score (nSPS) is 21.2. The molecule has 0 amide bonds. The lowest BCUT2D eigenvalue weighted by atomic mass is 9.84. The van der Waals surface area contributed by atoms with Crippen molar-refractivity contribution in [3.8, 4) is 0 Å². The molecule has 1 heteroatoms. The molecule has 1 nitrogen and oxygen atoms in total. The number of ketones is 1. The van der Waals surface area contributed by atoms with Crippen molar-refractivity contribution in [3.05, 3.63) is 34.4 Å². The highest BCUT2D eigenvalue weighted by Crippen LogP contribution is 2.46. The summed E-state index contributed by atoms with van der Waals surface area (Å²) in [4.78, 5) is 12.2. The van der Waals surface area contributed by atoms with Crippen LogP contribution in [0.4, 0.5) is 0 Å². The maximum atomic E-state index is 12.2. The van der Waals surface area contributed by atoms with Crippen molar-refractivity contribution in [1.29, 1.82) is 0 Å². The molecule has 0 fully saturated rings. The molecule has 1 atom stereocenters. The smallest absolute Gasteiger partial charge is 0.165 e. The molecule has 0 saturated carbocycles. The second kappa shape index (κ2) is 4.22. The largest absolute Gasteiger partial charge is 0.294 e. The number of Topliss-reactive ketones (excluding diaryl/α,β-unsaturated/α-hetero) is 1. The molecule has 0 N–H and O–H groups in total. The molecule has 0 bridgehead atoms. The van der Waals surface area contributed by atoms with Crippen LogP contribution in [0.5, 0.6) is 0 Å². The Balaban J connectivity index is 2.57. The van der Waals surface area contributed by atoms with Gasteiger partial charge in [-0.2, -0.15) is 0 Å². The number of benzene rings is 1. The van der Waals surface area contributed by atoms with E-state index in [1.807, 2.05) is 13.8 Å². The molecule has 1 aliphatic carbocycles. The standard InChI is InChI=1S/C17H24O/c1-10(2)16(18)14-8-13-12(4)9-17(5,6)15(13)7-11(14)3/h7-8,10,12H,9H2,1-6H3. The molecule has 1 aromatic carbocycles. The van der Waals surface area contributed by atoms with Gasteiger partial charge in [-0.25, -0.2) is 0 Å². The van der Waals surface area contributed by atoms with Crippen LogP contribution < -0.4 is 0 Å². The minimum absolute atomic E-state index is 0.0754. The lowest BCUT2D eigenvalue weighted by Crippen LogP contribution is -2.14. The average Bonchev–Trinajstić information content (AvgIpc) is 2.47. The summed E-state index contributed by atoms with van der Waals surface area (Å²) in [6.45, 7) is 12.9. The van der Waals surface area contributed by atoms with Gasteiger partial charge in [0.2, 0.25) is 0 Å². The number of carbonyl (C=O) groups is 1. The second-order valence-electron chi connectivity index (χ2n) is 6.76. The summed E-state index contributed by atoms with van der Waals surface area (Å²) in [6, 6.07) is 4.40. The predicted molar refractivity (Wildman–Crippen MR) is 76.4 cm³/mol. The summed E-state index contributed by atoms with van der Waals surface area (Å²) < 4.78 is 0. The van der Waals surface area contributed by atoms with E-state index in [1.165, 1.54) is 17.5 Å². The zero-order valence-corrected chi connectivity index (χ0v) is 12.4. The van der Waals surface area contributed by atoms with Crippen molar-refractivity contribution < 1.29 is 4.79 Å². The molecule has 2 rings (SSSR count). The topological polar surface area (TPSA) is 17.1 Å². The minimum Gasteiger partial charge on any atom is -0.294 e. The van der Waals surface area contributed by atoms with Gasteiger partial charge in [-0.3, -0.25) is 4.79 Å². The van der Waals surface area contributed by atoms with Crippen molar-refractivity contribution in [2.75, 3.05) is 0 Å². The first-order valence-electron chi connectivity index (χ1n) is 6.93. The summed E-state index contributed by atoms with van der Waals surface area (Å²) in [5, 5.41) is 0. The van der Waals surface area contributed by atoms with Gasteiger partial charge in [0.15, 0.2) is 5.78 Å². The zero-order chi connectivity index (χ0) is 13.7. The molecule has 98 valence electrons. The first-order valence-corrected chi connectivity index (χ1v) is 6.93. The fraction of sp³-hybridized carbons (Fsp3) is 0.588. The first-order chi connectivity index (χ1) is 8.24. The molecule has 0 spiro atoms. The molecule has 1 aliphatic rings. The lowest BCUT2D eigenvalue weighted by Gasteiger charge is -2.20. The van der Waals surface area contributed by atoms with Crippen LogP contribution in [0.25, 0.3) is 0 Å². The van der Waals surface area contributed by atoms with E-state index in [-0.39, 0.29) is 17.1 Å². The van der Waals surface area contributed by atoms with Crippen molar-refractivity contribution in [1.82, 2.24) is 0 Å². The van der Waals surface area contributed by atoms with Gasteiger partial charge in [0.05, 0.1) is 0 Å². The van der Waals surface area contributed by atoms with Crippen LogP contribution in [-0.2, 0) is 5.41 Å². The van der Waals surface area contributed by atoms with Crippen LogP contribution in [0.1, 0.15) is 74.0 Å². The van der Waals surface area contributed by atoms with E-state index in [0.717, 1.165) is 11.1 Å². The molecular weight excluding hydrogens is 220 g/mol. The molecule has 0 aliphatic heterocycles. The van der Waals surface area contributed by atoms with Gasteiger partial charge in [0, 0.05) is 11.5 Å². The van der Waals surface area contributed by atoms with E-state index < -0.39 is 0 Å². The molecular formula is C17H24O. The Morgan fingerprint density at radius 2 is 1.94 bits per heavy atom. The third-order valence-corrected chi connectivity index (χ3v) is 4.26. The highest BCUT2D eigenvalue weighted by Gasteiger charge is 2.35. The van der Waals surface area contributed by atoms with Crippen molar-refractivity contribution in [2.45, 2.75) is 59.3 Å². The molecule has 0 aromatic heterocycles. The monoisotopic (exact) mass is 244 g/mol. The summed E-state index contributed by atoms with van der Waals surface area (Å²) in [7, 11) is 0. The Morgan fingerprint density at radius 1 is 1.33 bits per heavy atom. The molecule has 1 unspecified atom stereocenters. The Kier molecular flexibility index (Phi) is 3.12. The van der Waals surface area contributed by atoms with E-state index in [1.54, 1.807) is 0 Å². The number of hydrogen-bond acceptors (Lipinski definition) is 1. The molecule has 0 heterocycles. The minimum atomic E-state index is 0.0754. The Labute approximate surface area is 111 Å². The predicted octanol–water partition coefficient (Wildman–Crippen LogP) is 4.62. The number of hydrogen-bond donors (Lipinski definition) is 0. The molecule has 18 heavy (non-hydrogen) atoms. The maximum absolute atomic E-state index is 12.2. The number of carbonyl (C=O) groups excluding carboxylic acids is 1. The Hall–Kier alpha value is -1.11. The van der Waals surface area contributed by atoms with Crippen molar-refractivity contribution in [2.24, 2.45) is 5.92 Å². The van der Waals surface area contributed by atoms with Gasteiger partial charge in [-0.1, -0.05) is 40.7 Å². The van der Waals surface area contributed by atoms with Crippen LogP contribution in [0.3, 0.4) is 0 Å².